The lowest BCUT2D eigenvalue weighted by molar-refractivity contribution is -0.162. The number of hydrogen-bond donors (Lipinski definition) is 2. The Kier molecular flexibility index (Phi) is 10.8. The predicted molar refractivity (Wildman–Crippen MR) is 168 cm³/mol. The molecular formula is C33H42BrN3O8. The van der Waals surface area contributed by atoms with Gasteiger partial charge in [-0.05, 0) is 24.5 Å². The zero-order chi connectivity index (χ0) is 32.1. The molecule has 2 fully saturated rings. The average molecular weight is 689 g/mol. The number of nitrogens with zero attached hydrogens (tertiary/aromatic N) is 2. The quantitative estimate of drug-likeness (QED) is 0.230. The van der Waals surface area contributed by atoms with Crippen molar-refractivity contribution in [3.05, 3.63) is 58.6 Å². The zero-order valence-corrected chi connectivity index (χ0v) is 27.3. The molecule has 5 bridgehead atoms. The number of β-amino-alcohol motifs (C(OH)–C–C–N with tert-alkyl or cyclic N) is 1. The fraction of sp³-hybridized carbons (Fsp3) is 0.576. The Balaban J connectivity index is 1.59. The number of benzene rings is 1. The predicted octanol–water partition coefficient (Wildman–Crippen LogP) is 2.64. The summed E-state index contributed by atoms with van der Waals surface area (Å²) in [7, 11) is 1.51. The van der Waals surface area contributed by atoms with E-state index in [0.717, 1.165) is 19.3 Å². The minimum atomic E-state index is -1.42. The number of aliphatic hydroxyl groups is 1. The van der Waals surface area contributed by atoms with Gasteiger partial charge in [0.05, 0.1) is 25.2 Å². The number of allylic oxidation sites excluding steroid dienone is 1. The minimum Gasteiger partial charge on any atom is -0.455 e. The van der Waals surface area contributed by atoms with E-state index in [1.807, 2.05) is 30.4 Å². The summed E-state index contributed by atoms with van der Waals surface area (Å²) in [5.74, 6) is -3.77. The van der Waals surface area contributed by atoms with Gasteiger partial charge in [-0.15, -0.1) is 0 Å². The van der Waals surface area contributed by atoms with Gasteiger partial charge in [0.25, 0.3) is 0 Å². The number of hydrogen-bond acceptors (Lipinski definition) is 8. The number of unbranched alkanes of at least 4 members (excludes halogenated alkanes) is 2. The van der Waals surface area contributed by atoms with E-state index in [1.54, 1.807) is 23.1 Å². The number of rotatable bonds is 9. The molecule has 0 aromatic heterocycles. The highest BCUT2D eigenvalue weighted by Gasteiger charge is 2.75. The van der Waals surface area contributed by atoms with Crippen molar-refractivity contribution >= 4 is 39.6 Å². The Labute approximate surface area is 272 Å². The molecule has 1 spiro atoms. The molecule has 0 radical (unpaired) electrons. The van der Waals surface area contributed by atoms with Crippen LogP contribution in [0.25, 0.3) is 0 Å². The van der Waals surface area contributed by atoms with Gasteiger partial charge in [-0.3, -0.25) is 19.2 Å². The molecule has 3 amide bonds. The Hall–Kier alpha value is -3.06. The van der Waals surface area contributed by atoms with Gasteiger partial charge < -0.3 is 34.4 Å². The van der Waals surface area contributed by atoms with Crippen molar-refractivity contribution in [1.82, 2.24) is 15.1 Å². The summed E-state index contributed by atoms with van der Waals surface area (Å²) in [5, 5.41) is 13.0. The van der Waals surface area contributed by atoms with Crippen molar-refractivity contribution < 1.29 is 38.5 Å². The number of likely N-dealkylation sites (tertiary alicyclic amines) is 1. The maximum atomic E-state index is 14.4. The van der Waals surface area contributed by atoms with Crippen LogP contribution in [0.15, 0.2) is 53.0 Å². The second kappa shape index (κ2) is 14.6. The first-order valence-electron chi connectivity index (χ1n) is 15.7. The third-order valence-corrected chi connectivity index (χ3v) is 9.76. The molecule has 244 valence electrons. The van der Waals surface area contributed by atoms with Gasteiger partial charge >= 0.3 is 5.97 Å². The molecule has 45 heavy (non-hydrogen) atoms. The summed E-state index contributed by atoms with van der Waals surface area (Å²) in [4.78, 5) is 59.0. The van der Waals surface area contributed by atoms with Gasteiger partial charge in [0, 0.05) is 37.6 Å². The third kappa shape index (κ3) is 6.47. The first kappa shape index (κ1) is 33.3. The lowest BCUT2D eigenvalue weighted by Crippen LogP contribution is -2.56. The largest absolute Gasteiger partial charge is 0.455 e. The van der Waals surface area contributed by atoms with Crippen molar-refractivity contribution in [2.45, 2.75) is 68.9 Å². The minimum absolute atomic E-state index is 0.0719. The average Bonchev–Trinajstić information content (AvgIpc) is 3.62. The highest BCUT2D eigenvalue weighted by atomic mass is 79.9. The number of esters is 1. The van der Waals surface area contributed by atoms with Gasteiger partial charge in [-0.25, -0.2) is 0 Å². The van der Waals surface area contributed by atoms with Gasteiger partial charge in [0.15, 0.2) is 0 Å². The lowest BCUT2D eigenvalue weighted by atomic mass is 9.74. The smallest absolute Gasteiger partial charge is 0.313 e. The van der Waals surface area contributed by atoms with Crippen LogP contribution in [0.1, 0.15) is 50.7 Å². The number of carbonyl (C=O) groups is 4. The Bertz CT molecular complexity index is 1320. The highest BCUT2D eigenvalue weighted by Crippen LogP contribution is 2.59. The Morgan fingerprint density at radius 2 is 1.84 bits per heavy atom. The topological polar surface area (TPSA) is 135 Å². The maximum Gasteiger partial charge on any atom is 0.313 e. The molecule has 1 aromatic carbocycles. The number of ether oxygens (including phenoxy) is 3. The Morgan fingerprint density at radius 1 is 1.07 bits per heavy atom. The van der Waals surface area contributed by atoms with Crippen LogP contribution < -0.4 is 5.32 Å². The van der Waals surface area contributed by atoms with Crippen LogP contribution in [0.4, 0.5) is 0 Å². The fourth-order valence-electron chi connectivity index (χ4n) is 7.06. The second-order valence-electron chi connectivity index (χ2n) is 12.0. The van der Waals surface area contributed by atoms with Crippen molar-refractivity contribution in [1.29, 1.82) is 0 Å². The van der Waals surface area contributed by atoms with Gasteiger partial charge in [-0.2, -0.15) is 0 Å². The molecule has 2 saturated heterocycles. The molecule has 1 aromatic rings. The number of fused-ring (bicyclic) bond motifs is 2. The number of halogens is 1. The van der Waals surface area contributed by atoms with E-state index in [4.69, 9.17) is 14.2 Å². The van der Waals surface area contributed by atoms with Crippen molar-refractivity contribution in [3.63, 3.8) is 0 Å². The van der Waals surface area contributed by atoms with E-state index in [-0.39, 0.29) is 44.5 Å². The number of cyclic esters (lactones) is 1. The van der Waals surface area contributed by atoms with Crippen LogP contribution in [0.3, 0.4) is 0 Å². The van der Waals surface area contributed by atoms with Crippen LogP contribution in [0.5, 0.6) is 0 Å². The molecule has 0 unspecified atom stereocenters. The number of methoxy groups -OCH3 is 1. The van der Waals surface area contributed by atoms with Gasteiger partial charge in [0.2, 0.25) is 17.7 Å². The van der Waals surface area contributed by atoms with Crippen LogP contribution in [0.2, 0.25) is 0 Å². The summed E-state index contributed by atoms with van der Waals surface area (Å²) in [6.07, 6.45) is 7.02. The summed E-state index contributed by atoms with van der Waals surface area (Å²) in [5.41, 5.74) is -0.769. The zero-order valence-electron chi connectivity index (χ0n) is 25.7. The van der Waals surface area contributed by atoms with Crippen LogP contribution in [-0.2, 0) is 33.4 Å². The van der Waals surface area contributed by atoms with E-state index >= 15 is 0 Å². The lowest BCUT2D eigenvalue weighted by Gasteiger charge is -2.35. The molecule has 12 heteroatoms. The monoisotopic (exact) mass is 687 g/mol. The standard InChI is InChI=1S/C33H42BrN3O8/c1-3-4-10-15-36-16-11-6-9-14-24(39)35-23(20-43-2)27(21-12-7-5-8-13-21)44-32(42)25-26-30(40)37(17-18-38)29(31(36)41)33(26)19-22(34)28(25)45-33/h5-8,11-13,19,23,25-29,38H,3-4,9-10,14-18,20H2,1-2H3,(H,35,39)/b11-6-/t23-,25+,26-,27-,28+,29+,33-/m1/s1. The van der Waals surface area contributed by atoms with E-state index in [9.17, 15) is 24.3 Å². The van der Waals surface area contributed by atoms with E-state index in [0.29, 0.717) is 23.0 Å². The molecule has 0 aliphatic carbocycles. The summed E-state index contributed by atoms with van der Waals surface area (Å²) >= 11 is 3.56. The van der Waals surface area contributed by atoms with Crippen molar-refractivity contribution in [3.8, 4) is 0 Å². The highest BCUT2D eigenvalue weighted by molar-refractivity contribution is 9.11. The van der Waals surface area contributed by atoms with Crippen LogP contribution >= 0.6 is 15.9 Å². The van der Waals surface area contributed by atoms with Crippen molar-refractivity contribution in [2.24, 2.45) is 11.8 Å². The molecule has 4 heterocycles. The van der Waals surface area contributed by atoms with Crippen molar-refractivity contribution in [2.75, 3.05) is 40.0 Å². The number of aliphatic hydroxyl groups excluding tert-OH is 1. The molecule has 2 N–H and O–H groups in total. The van der Waals surface area contributed by atoms with E-state index in [2.05, 4.69) is 28.2 Å². The summed E-state index contributed by atoms with van der Waals surface area (Å²) < 4.78 is 18.7. The molecule has 5 rings (SSSR count). The van der Waals surface area contributed by atoms with E-state index in [1.165, 1.54) is 12.0 Å². The summed E-state index contributed by atoms with van der Waals surface area (Å²) in [6.45, 7) is 2.46. The SMILES string of the molecule is CCCCCN1C/C=C\CCC(=O)N[C@H](COC)[C@@H](c2ccccc2)OC(=O)[C@@H]2[C@H]3O[C@@]4(C=C3Br)[C@H](C1=O)N(CCO)C(=O)[C@@H]24. The normalized spacial score (nSPS) is 32.8. The van der Waals surface area contributed by atoms with E-state index < -0.39 is 53.6 Å². The molecule has 4 aliphatic rings. The molecule has 0 saturated carbocycles. The first-order chi connectivity index (χ1) is 21.8. The maximum absolute atomic E-state index is 14.4. The van der Waals surface area contributed by atoms with Gasteiger partial charge in [0.1, 0.15) is 29.8 Å². The molecular weight excluding hydrogens is 646 g/mol. The number of nitrogens with one attached hydrogen (secondary N) is 1. The fourth-order valence-corrected chi connectivity index (χ4v) is 7.79. The Morgan fingerprint density at radius 3 is 2.56 bits per heavy atom. The second-order valence-corrected chi connectivity index (χ2v) is 12.9. The van der Waals surface area contributed by atoms with Crippen LogP contribution in [-0.4, -0.2) is 102 Å². The molecule has 11 nitrogen and oxygen atoms in total. The van der Waals surface area contributed by atoms with Gasteiger partial charge in [-0.1, -0.05) is 78.2 Å². The number of carbonyl (C=O) groups excluding carboxylic acids is 4. The third-order valence-electron chi connectivity index (χ3n) is 9.08. The molecule has 4 aliphatic heterocycles. The summed E-state index contributed by atoms with van der Waals surface area (Å²) in [6, 6.07) is 7.29. The van der Waals surface area contributed by atoms with Crippen LogP contribution in [0, 0.1) is 11.8 Å². The number of amides is 3. The first-order valence-corrected chi connectivity index (χ1v) is 16.5. The molecule has 7 atom stereocenters.